The number of hydrogen-bond donors (Lipinski definition) is 2. The maximum atomic E-state index is 12.0. The van der Waals surface area contributed by atoms with E-state index in [9.17, 15) is 19.5 Å². The van der Waals surface area contributed by atoms with Crippen LogP contribution in [-0.2, 0) is 20.8 Å². The van der Waals surface area contributed by atoms with Crippen LogP contribution in [0.4, 0.5) is 0 Å². The number of carbonyl (C=O) groups is 3. The molecule has 1 aliphatic rings. The Bertz CT molecular complexity index is 523. The highest BCUT2D eigenvalue weighted by atomic mass is 16.3. The van der Waals surface area contributed by atoms with Gasteiger partial charge in [-0.3, -0.25) is 19.3 Å². The number of phenols is 1. The predicted molar refractivity (Wildman–Crippen MR) is 70.8 cm³/mol. The molecule has 0 aromatic heterocycles. The van der Waals surface area contributed by atoms with E-state index in [1.54, 1.807) is 12.1 Å². The fraction of sp³-hybridized carbons (Fsp3) is 0.357. The number of benzene rings is 1. The van der Waals surface area contributed by atoms with Crippen LogP contribution in [0.15, 0.2) is 24.3 Å². The van der Waals surface area contributed by atoms with Crippen molar-refractivity contribution in [3.05, 3.63) is 29.8 Å². The zero-order chi connectivity index (χ0) is 14.7. The minimum absolute atomic E-state index is 0.124. The lowest BCUT2D eigenvalue weighted by molar-refractivity contribution is -0.146. The fourth-order valence-corrected chi connectivity index (χ4v) is 2.26. The summed E-state index contributed by atoms with van der Waals surface area (Å²) in [6.45, 7) is 0. The van der Waals surface area contributed by atoms with E-state index in [2.05, 4.69) is 5.32 Å². The quantitative estimate of drug-likeness (QED) is 0.769. The standard InChI is InChI=1S/C14H16N2O4/c1-15-14(20)11(16-12(18)6-7-13(16)19)8-9-2-4-10(17)5-3-9/h2-5,11,17H,6-8H2,1H3,(H,15,20)/t11-/m0/s1. The predicted octanol–water partition coefficient (Wildman–Crippen LogP) is 0.198. The highest BCUT2D eigenvalue weighted by Crippen LogP contribution is 2.20. The lowest BCUT2D eigenvalue weighted by Crippen LogP contribution is -2.49. The number of hydrogen-bond acceptors (Lipinski definition) is 4. The summed E-state index contributed by atoms with van der Waals surface area (Å²) < 4.78 is 0. The number of imide groups is 1. The first-order valence-electron chi connectivity index (χ1n) is 6.37. The zero-order valence-corrected chi connectivity index (χ0v) is 11.1. The molecule has 1 aromatic carbocycles. The molecule has 0 aliphatic carbocycles. The van der Waals surface area contributed by atoms with Crippen LogP contribution >= 0.6 is 0 Å². The molecule has 1 atom stereocenters. The topological polar surface area (TPSA) is 86.7 Å². The van der Waals surface area contributed by atoms with Crippen molar-refractivity contribution in [2.24, 2.45) is 0 Å². The lowest BCUT2D eigenvalue weighted by Gasteiger charge is -2.24. The molecule has 1 aliphatic heterocycles. The summed E-state index contributed by atoms with van der Waals surface area (Å²) in [6.07, 6.45) is 0.543. The van der Waals surface area contributed by atoms with Crippen molar-refractivity contribution in [2.75, 3.05) is 7.05 Å². The van der Waals surface area contributed by atoms with Crippen molar-refractivity contribution in [1.29, 1.82) is 0 Å². The van der Waals surface area contributed by atoms with Crippen LogP contribution in [-0.4, -0.2) is 40.8 Å². The molecule has 0 bridgehead atoms. The number of rotatable bonds is 4. The molecule has 1 fully saturated rings. The Labute approximate surface area is 116 Å². The van der Waals surface area contributed by atoms with Gasteiger partial charge in [-0.15, -0.1) is 0 Å². The molecular weight excluding hydrogens is 260 g/mol. The van der Waals surface area contributed by atoms with E-state index in [-0.39, 0.29) is 42.7 Å². The summed E-state index contributed by atoms with van der Waals surface area (Å²) in [5.41, 5.74) is 0.768. The fourth-order valence-electron chi connectivity index (χ4n) is 2.26. The molecule has 3 amide bonds. The Morgan fingerprint density at radius 3 is 2.30 bits per heavy atom. The average molecular weight is 276 g/mol. The van der Waals surface area contributed by atoms with Crippen LogP contribution in [0.5, 0.6) is 5.75 Å². The molecule has 0 unspecified atom stereocenters. The summed E-state index contributed by atoms with van der Waals surface area (Å²) in [4.78, 5) is 36.6. The number of likely N-dealkylation sites (tertiary alicyclic amines) is 1. The number of carbonyl (C=O) groups excluding carboxylic acids is 3. The molecule has 106 valence electrons. The number of amides is 3. The van der Waals surface area contributed by atoms with Gasteiger partial charge in [0.2, 0.25) is 17.7 Å². The van der Waals surface area contributed by atoms with Gasteiger partial charge < -0.3 is 10.4 Å². The highest BCUT2D eigenvalue weighted by Gasteiger charge is 2.38. The van der Waals surface area contributed by atoms with Gasteiger partial charge in [-0.05, 0) is 17.7 Å². The molecule has 1 heterocycles. The molecular formula is C14H16N2O4. The van der Waals surface area contributed by atoms with Crippen LogP contribution < -0.4 is 5.32 Å². The Morgan fingerprint density at radius 2 is 1.80 bits per heavy atom. The molecule has 20 heavy (non-hydrogen) atoms. The van der Waals surface area contributed by atoms with E-state index >= 15 is 0 Å². The second-order valence-electron chi connectivity index (χ2n) is 4.66. The Kier molecular flexibility index (Phi) is 4.02. The maximum absolute atomic E-state index is 12.0. The summed E-state index contributed by atoms with van der Waals surface area (Å²) in [5, 5.41) is 11.7. The van der Waals surface area contributed by atoms with Crippen LogP contribution in [0.2, 0.25) is 0 Å². The van der Waals surface area contributed by atoms with Gasteiger partial charge in [0, 0.05) is 26.3 Å². The molecule has 2 N–H and O–H groups in total. The average Bonchev–Trinajstić information content (AvgIpc) is 2.77. The number of aromatic hydroxyl groups is 1. The van der Waals surface area contributed by atoms with E-state index in [0.29, 0.717) is 0 Å². The van der Waals surface area contributed by atoms with Crippen molar-refractivity contribution in [1.82, 2.24) is 10.2 Å². The molecule has 6 nitrogen and oxygen atoms in total. The van der Waals surface area contributed by atoms with Crippen molar-refractivity contribution >= 4 is 17.7 Å². The van der Waals surface area contributed by atoms with Crippen molar-refractivity contribution < 1.29 is 19.5 Å². The van der Waals surface area contributed by atoms with E-state index < -0.39 is 6.04 Å². The summed E-state index contributed by atoms with van der Waals surface area (Å²) in [5.74, 6) is -0.884. The summed E-state index contributed by atoms with van der Waals surface area (Å²) in [7, 11) is 1.47. The third-order valence-electron chi connectivity index (χ3n) is 3.32. The largest absolute Gasteiger partial charge is 0.508 e. The second-order valence-corrected chi connectivity index (χ2v) is 4.66. The monoisotopic (exact) mass is 276 g/mol. The minimum atomic E-state index is -0.841. The lowest BCUT2D eigenvalue weighted by atomic mass is 10.0. The Morgan fingerprint density at radius 1 is 1.25 bits per heavy atom. The molecule has 6 heteroatoms. The van der Waals surface area contributed by atoms with Gasteiger partial charge in [0.05, 0.1) is 0 Å². The summed E-state index contributed by atoms with van der Waals surface area (Å²) >= 11 is 0. The maximum Gasteiger partial charge on any atom is 0.243 e. The van der Waals surface area contributed by atoms with Crippen molar-refractivity contribution in [3.63, 3.8) is 0 Å². The third-order valence-corrected chi connectivity index (χ3v) is 3.32. The van der Waals surface area contributed by atoms with Gasteiger partial charge in [-0.1, -0.05) is 12.1 Å². The molecule has 0 spiro atoms. The molecule has 1 aromatic rings. The normalized spacial score (nSPS) is 16.4. The van der Waals surface area contributed by atoms with E-state index in [1.165, 1.54) is 19.2 Å². The van der Waals surface area contributed by atoms with Gasteiger partial charge in [0.15, 0.2) is 0 Å². The third kappa shape index (κ3) is 2.79. The van der Waals surface area contributed by atoms with Crippen LogP contribution in [0.25, 0.3) is 0 Å². The second kappa shape index (κ2) is 5.73. The number of nitrogens with one attached hydrogen (secondary N) is 1. The van der Waals surface area contributed by atoms with E-state index in [1.807, 2.05) is 0 Å². The Hall–Kier alpha value is -2.37. The van der Waals surface area contributed by atoms with Crippen molar-refractivity contribution in [2.45, 2.75) is 25.3 Å². The van der Waals surface area contributed by atoms with Gasteiger partial charge in [-0.2, -0.15) is 0 Å². The van der Waals surface area contributed by atoms with Crippen LogP contribution in [0.1, 0.15) is 18.4 Å². The first kappa shape index (κ1) is 14.0. The van der Waals surface area contributed by atoms with E-state index in [4.69, 9.17) is 0 Å². The van der Waals surface area contributed by atoms with Gasteiger partial charge in [0.1, 0.15) is 11.8 Å². The number of likely N-dealkylation sites (N-methyl/N-ethyl adjacent to an activating group) is 1. The first-order chi connectivity index (χ1) is 9.52. The molecule has 0 radical (unpaired) electrons. The van der Waals surface area contributed by atoms with Gasteiger partial charge >= 0.3 is 0 Å². The van der Waals surface area contributed by atoms with Crippen molar-refractivity contribution in [3.8, 4) is 5.75 Å². The van der Waals surface area contributed by atoms with E-state index in [0.717, 1.165) is 10.5 Å². The Balaban J connectivity index is 2.24. The number of nitrogens with zero attached hydrogens (tertiary/aromatic N) is 1. The smallest absolute Gasteiger partial charge is 0.243 e. The summed E-state index contributed by atoms with van der Waals surface area (Å²) in [6, 6.07) is 5.49. The molecule has 1 saturated heterocycles. The SMILES string of the molecule is CNC(=O)[C@H](Cc1ccc(O)cc1)N1C(=O)CCC1=O. The highest BCUT2D eigenvalue weighted by molar-refractivity contribution is 6.05. The first-order valence-corrected chi connectivity index (χ1v) is 6.37. The molecule has 0 saturated carbocycles. The van der Waals surface area contributed by atoms with Crippen LogP contribution in [0.3, 0.4) is 0 Å². The van der Waals surface area contributed by atoms with Crippen LogP contribution in [0, 0.1) is 0 Å². The van der Waals surface area contributed by atoms with Gasteiger partial charge in [-0.25, -0.2) is 0 Å². The zero-order valence-electron chi connectivity index (χ0n) is 11.1. The van der Waals surface area contributed by atoms with Gasteiger partial charge in [0.25, 0.3) is 0 Å². The number of phenolic OH excluding ortho intramolecular Hbond substituents is 1. The molecule has 2 rings (SSSR count). The minimum Gasteiger partial charge on any atom is -0.508 e.